The van der Waals surface area contributed by atoms with Crippen molar-refractivity contribution >= 4 is 85.2 Å². The van der Waals surface area contributed by atoms with Crippen molar-refractivity contribution in [2.24, 2.45) is 7.05 Å². The summed E-state index contributed by atoms with van der Waals surface area (Å²) >= 11 is 2.20. The number of hydrogen-bond acceptors (Lipinski definition) is 18. The zero-order valence-corrected chi connectivity index (χ0v) is 48.2. The third-order valence-electron chi connectivity index (χ3n) is 13.3. The largest absolute Gasteiger partial charge is 0.573 e. The number of nitrogens with zero attached hydrogens (tertiary/aromatic N) is 9. The number of ether oxygens (including phenoxy) is 2. The van der Waals surface area contributed by atoms with Crippen molar-refractivity contribution in [2.45, 2.75) is 60.0 Å². The van der Waals surface area contributed by atoms with Gasteiger partial charge in [-0.3, -0.25) is 19.2 Å². The van der Waals surface area contributed by atoms with Gasteiger partial charge in [-0.1, -0.05) is 46.9 Å². The van der Waals surface area contributed by atoms with E-state index in [-0.39, 0.29) is 63.4 Å². The normalized spacial score (nSPS) is 16.6. The van der Waals surface area contributed by atoms with Crippen LogP contribution in [0.4, 0.5) is 62.9 Å². The van der Waals surface area contributed by atoms with Crippen molar-refractivity contribution in [3.05, 3.63) is 152 Å². The van der Waals surface area contributed by atoms with Crippen molar-refractivity contribution in [3.63, 3.8) is 0 Å². The zero-order chi connectivity index (χ0) is 64.6. The third-order valence-corrected chi connectivity index (χ3v) is 19.3. The number of rotatable bonds is 14. The van der Waals surface area contributed by atoms with Crippen LogP contribution in [0.15, 0.2) is 129 Å². The van der Waals surface area contributed by atoms with Crippen LogP contribution < -0.4 is 41.0 Å². The average Bonchev–Trinajstić information content (AvgIpc) is 1.71. The van der Waals surface area contributed by atoms with Crippen LogP contribution in [0.25, 0.3) is 20.4 Å². The molecule has 38 heteroatoms. The number of fused-ring (bicyclic) bond motifs is 2. The van der Waals surface area contributed by atoms with E-state index in [0.717, 1.165) is 84.5 Å². The van der Waals surface area contributed by atoms with Gasteiger partial charge in [0.2, 0.25) is 31.9 Å². The van der Waals surface area contributed by atoms with E-state index < -0.39 is 113 Å². The Morgan fingerprint density at radius 2 is 0.966 bits per heavy atom. The zero-order valence-electron chi connectivity index (χ0n) is 45.0. The molecular weight excluding hydrogens is 1300 g/mol. The number of hydrogen-bond donors (Lipinski definition) is 3. The Kier molecular flexibility index (Phi) is 18.4. The molecule has 2 aliphatic rings. The molecule has 3 N–H and O–H groups in total. The molecule has 6 heterocycles. The highest BCUT2D eigenvalue weighted by Gasteiger charge is 2.44. The fourth-order valence-electron chi connectivity index (χ4n) is 8.97. The summed E-state index contributed by atoms with van der Waals surface area (Å²) < 4.78 is 219. The molecule has 4 aromatic carbocycles. The van der Waals surface area contributed by atoms with Crippen molar-refractivity contribution in [3.8, 4) is 11.5 Å². The summed E-state index contributed by atoms with van der Waals surface area (Å²) in [5.41, 5.74) is -2.14. The van der Waals surface area contributed by atoms with Crippen LogP contribution in [0.2, 0.25) is 0 Å². The highest BCUT2D eigenvalue weighted by molar-refractivity contribution is 7.89. The van der Waals surface area contributed by atoms with E-state index >= 15 is 0 Å². The van der Waals surface area contributed by atoms with Gasteiger partial charge < -0.3 is 29.9 Å². The number of amides is 2. The molecule has 2 amide bonds. The molecule has 0 aliphatic carbocycles. The van der Waals surface area contributed by atoms with Crippen LogP contribution in [0, 0.1) is 0 Å². The third kappa shape index (κ3) is 15.3. The molecule has 2 saturated heterocycles. The molecule has 2 fully saturated rings. The Balaban J connectivity index is 0.000000211. The van der Waals surface area contributed by atoms with Gasteiger partial charge in [0.15, 0.2) is 21.3 Å². The molecule has 8 aromatic rings. The number of carbonyl (C=O) groups is 2. The molecular formula is C51H42F12N12O10S4. The van der Waals surface area contributed by atoms with Gasteiger partial charge in [-0.15, -0.1) is 26.3 Å². The number of sulfonamides is 2. The topological polar surface area (TPSA) is 264 Å². The van der Waals surface area contributed by atoms with Gasteiger partial charge in [0, 0.05) is 59.4 Å². The van der Waals surface area contributed by atoms with Crippen molar-refractivity contribution in [1.29, 1.82) is 0 Å². The number of thiazole rings is 2. The van der Waals surface area contributed by atoms with Crippen LogP contribution in [-0.4, -0.2) is 131 Å². The summed E-state index contributed by atoms with van der Waals surface area (Å²) in [6, 6.07) is 12.2. The van der Waals surface area contributed by atoms with Crippen molar-refractivity contribution in [1.82, 2.24) is 49.2 Å². The summed E-state index contributed by atoms with van der Waals surface area (Å²) in [5, 5.41) is 15.7. The first kappa shape index (κ1) is 65.0. The lowest BCUT2D eigenvalue weighted by molar-refractivity contribution is -0.275. The van der Waals surface area contributed by atoms with Crippen LogP contribution in [0.1, 0.15) is 22.3 Å². The predicted molar refractivity (Wildman–Crippen MR) is 293 cm³/mol. The van der Waals surface area contributed by atoms with Gasteiger partial charge in [-0.2, -0.15) is 45.2 Å². The fraction of sp³-hybridized carbons (Fsp3) is 0.294. The van der Waals surface area contributed by atoms with Gasteiger partial charge in [0.1, 0.15) is 23.6 Å². The smallest absolute Gasteiger partial charge is 0.406 e. The van der Waals surface area contributed by atoms with E-state index in [4.69, 9.17) is 0 Å². The van der Waals surface area contributed by atoms with E-state index in [1.165, 1.54) is 43.7 Å². The lowest BCUT2D eigenvalue weighted by Crippen LogP contribution is -2.60. The molecule has 0 saturated carbocycles. The monoisotopic (exact) mass is 1340 g/mol. The Morgan fingerprint density at radius 3 is 1.35 bits per heavy atom. The summed E-state index contributed by atoms with van der Waals surface area (Å²) in [5.74, 6) is -2.53. The maximum absolute atomic E-state index is 13.6. The summed E-state index contributed by atoms with van der Waals surface area (Å²) in [7, 11) is -7.53. The first-order valence-corrected chi connectivity index (χ1v) is 30.0. The second-order valence-corrected chi connectivity index (χ2v) is 25.0. The SMILES string of the molecule is Cn1ncc2sc(N3CCN(S(=O)(=O)c4ccc(C(F)(F)F)cc4)[C@@H](C(=O)NCc4ccc(OC(F)(F)F)cc4)C3)nc2c1=O.O=C(NCc1ccc(OC(F)(F)F)cc1)[C@H]1CN(c2nc3c(=O)[nH]ncc3s2)CCN1S(=O)(=O)c1ccc(C(F)(F)F)cc1. The van der Waals surface area contributed by atoms with E-state index in [1.807, 2.05) is 0 Å². The van der Waals surface area contributed by atoms with Gasteiger partial charge in [0.25, 0.3) is 11.1 Å². The number of alkyl halides is 12. The maximum Gasteiger partial charge on any atom is 0.573 e. The summed E-state index contributed by atoms with van der Waals surface area (Å²) in [4.78, 5) is 62.5. The van der Waals surface area contributed by atoms with Gasteiger partial charge in [-0.25, -0.2) is 36.6 Å². The van der Waals surface area contributed by atoms with Crippen molar-refractivity contribution < 1.29 is 88.6 Å². The maximum atomic E-state index is 13.6. The predicted octanol–water partition coefficient (Wildman–Crippen LogP) is 7.00. The molecule has 2 atom stereocenters. The van der Waals surface area contributed by atoms with Crippen molar-refractivity contribution in [2.75, 3.05) is 49.1 Å². The summed E-state index contributed by atoms with van der Waals surface area (Å²) in [6.45, 7) is -1.36. The minimum absolute atomic E-state index is 0.0233. The Labute approximate surface area is 501 Å². The minimum atomic E-state index is -4.89. The lowest BCUT2D eigenvalue weighted by atomic mass is 10.1. The van der Waals surface area contributed by atoms with Gasteiger partial charge in [-0.05, 0) is 83.9 Å². The minimum Gasteiger partial charge on any atom is -0.406 e. The summed E-state index contributed by atoms with van der Waals surface area (Å²) in [6.07, 6.45) is -16.3. The highest BCUT2D eigenvalue weighted by atomic mass is 32.2. The molecule has 0 unspecified atom stereocenters. The Morgan fingerprint density at radius 1 is 0.573 bits per heavy atom. The number of aromatic amines is 1. The lowest BCUT2D eigenvalue weighted by Gasteiger charge is -2.39. The number of anilines is 2. The van der Waals surface area contributed by atoms with Crippen LogP contribution in [0.3, 0.4) is 0 Å². The average molecular weight is 1340 g/mol. The fourth-order valence-corrected chi connectivity index (χ4v) is 14.0. The quantitative estimate of drug-likeness (QED) is 0.0926. The highest BCUT2D eigenvalue weighted by Crippen LogP contribution is 2.36. The van der Waals surface area contributed by atoms with Crippen LogP contribution in [0.5, 0.6) is 11.5 Å². The molecule has 474 valence electrons. The number of aryl methyl sites for hydroxylation is 1. The molecule has 0 bridgehead atoms. The van der Waals surface area contributed by atoms with E-state index in [0.29, 0.717) is 55.1 Å². The first-order valence-electron chi connectivity index (χ1n) is 25.4. The molecule has 89 heavy (non-hydrogen) atoms. The van der Waals surface area contributed by atoms with Crippen LogP contribution >= 0.6 is 22.7 Å². The number of nitrogens with one attached hydrogen (secondary N) is 3. The number of benzene rings is 4. The number of aromatic nitrogens is 6. The van der Waals surface area contributed by atoms with E-state index in [1.54, 1.807) is 9.80 Å². The van der Waals surface area contributed by atoms with Crippen LogP contribution in [-0.2, 0) is 62.1 Å². The Hall–Kier alpha value is -8.46. The second kappa shape index (κ2) is 25.2. The number of carbonyl (C=O) groups excluding carboxylic acids is 2. The van der Waals surface area contributed by atoms with Gasteiger partial charge >= 0.3 is 25.1 Å². The van der Waals surface area contributed by atoms with E-state index in [9.17, 15) is 88.7 Å². The molecule has 0 spiro atoms. The molecule has 10 rings (SSSR count). The first-order chi connectivity index (χ1) is 41.6. The molecule has 0 radical (unpaired) electrons. The number of H-pyrrole nitrogens is 1. The standard InChI is InChI=1S/C26H22F6N6O5S2.C25H20F6N6O5S2/c1-36-23(40)21-20(13-34-36)44-24(35-21)37-10-11-38(45(41,42)18-8-4-16(5-9-18)25(27,28)29)19(14-37)22(39)33-12-15-2-6-17(7-3-15)43-26(30,31)32;26-24(27,28)15-3-7-17(8-4-15)44(40,41)37-10-9-36(23-34-20-19(43-23)12-33-35-22(20)39)13-18(37)21(38)32-11-14-1-5-16(6-2-14)42-25(29,30)31/h2-9,13,19H,10-12,14H2,1H3,(H,33,39);1-8,12,18H,9-11,13H2,(H,32,38)(H,35,39)/t19-;18-/m11/s1. The Bertz CT molecular complexity index is 4250. The van der Waals surface area contributed by atoms with Gasteiger partial charge in [0.05, 0.1) is 42.7 Å². The molecule has 4 aromatic heterocycles. The second-order valence-electron chi connectivity index (χ2n) is 19.2. The number of halogens is 12. The molecule has 22 nitrogen and oxygen atoms in total. The molecule has 2 aliphatic heterocycles. The number of piperazine rings is 2. The van der Waals surface area contributed by atoms with E-state index in [2.05, 4.69) is 45.4 Å².